The number of carbonyl (C=O) groups is 2. The molecule has 0 aliphatic rings. The van der Waals surface area contributed by atoms with Crippen molar-refractivity contribution >= 4 is 23.6 Å². The van der Waals surface area contributed by atoms with Crippen LogP contribution in [0.15, 0.2) is 54.2 Å². The van der Waals surface area contributed by atoms with Crippen molar-refractivity contribution in [2.75, 3.05) is 13.7 Å². The maximum absolute atomic E-state index is 12.6. The number of benzene rings is 2. The molecule has 152 valence electrons. The molecular weight excluding hydrogens is 374 g/mol. The first-order valence-electron chi connectivity index (χ1n) is 9.14. The number of amides is 2. The summed E-state index contributed by atoms with van der Waals surface area (Å²) in [6.45, 7) is 2.48. The van der Waals surface area contributed by atoms with Crippen LogP contribution in [0.4, 0.5) is 5.69 Å². The summed E-state index contributed by atoms with van der Waals surface area (Å²) in [5.74, 6) is -0.273. The number of rotatable bonds is 9. The first-order chi connectivity index (χ1) is 13.9. The summed E-state index contributed by atoms with van der Waals surface area (Å²) >= 11 is 0. The predicted molar refractivity (Wildman–Crippen MR) is 109 cm³/mol. The lowest BCUT2D eigenvalue weighted by atomic mass is 10.1. The summed E-state index contributed by atoms with van der Waals surface area (Å²) < 4.78 is 5.07. The molecule has 0 saturated heterocycles. The average molecular weight is 397 g/mol. The van der Waals surface area contributed by atoms with Gasteiger partial charge in [0, 0.05) is 24.2 Å². The Morgan fingerprint density at radius 1 is 1.10 bits per heavy atom. The predicted octanol–water partition coefficient (Wildman–Crippen LogP) is 3.29. The van der Waals surface area contributed by atoms with Crippen LogP contribution in [0, 0.1) is 10.1 Å². The van der Waals surface area contributed by atoms with E-state index in [0.717, 1.165) is 12.8 Å². The zero-order valence-corrected chi connectivity index (χ0v) is 16.3. The van der Waals surface area contributed by atoms with Crippen molar-refractivity contribution in [2.45, 2.75) is 19.8 Å². The molecule has 0 spiro atoms. The molecule has 2 aromatic rings. The zero-order valence-electron chi connectivity index (χ0n) is 16.3. The maximum atomic E-state index is 12.6. The van der Waals surface area contributed by atoms with Gasteiger partial charge in [0.25, 0.3) is 17.5 Å². The Labute approximate surface area is 168 Å². The molecule has 0 atom stereocenters. The molecule has 8 heteroatoms. The summed E-state index contributed by atoms with van der Waals surface area (Å²) in [4.78, 5) is 35.4. The number of hydrogen-bond donors (Lipinski definition) is 2. The summed E-state index contributed by atoms with van der Waals surface area (Å²) in [5.41, 5.74) is 0.905. The number of non-ortho nitro benzene ring substituents is 1. The number of nitro benzene ring substituents is 1. The van der Waals surface area contributed by atoms with Gasteiger partial charge < -0.3 is 15.4 Å². The molecular formula is C21H23N3O5. The second kappa shape index (κ2) is 10.6. The SMILES string of the molecule is CCCCNC(=O)C(=Cc1ccc([N+](=O)[O-])cc1)NC(=O)c1ccc(OC)cc1. The molecule has 29 heavy (non-hydrogen) atoms. The Hall–Kier alpha value is -3.68. The first-order valence-corrected chi connectivity index (χ1v) is 9.14. The fraction of sp³-hybridized carbons (Fsp3) is 0.238. The van der Waals surface area contributed by atoms with E-state index in [-0.39, 0.29) is 11.4 Å². The molecule has 2 rings (SSSR count). The normalized spacial score (nSPS) is 10.9. The summed E-state index contributed by atoms with van der Waals surface area (Å²) in [6.07, 6.45) is 3.20. The average Bonchev–Trinajstić information content (AvgIpc) is 2.73. The van der Waals surface area contributed by atoms with Crippen molar-refractivity contribution in [3.05, 3.63) is 75.5 Å². The van der Waals surface area contributed by atoms with E-state index in [9.17, 15) is 19.7 Å². The van der Waals surface area contributed by atoms with Gasteiger partial charge in [0.1, 0.15) is 11.4 Å². The van der Waals surface area contributed by atoms with Crippen LogP contribution in [0.1, 0.15) is 35.7 Å². The van der Waals surface area contributed by atoms with Gasteiger partial charge in [-0.3, -0.25) is 19.7 Å². The van der Waals surface area contributed by atoms with Crippen LogP contribution in [-0.2, 0) is 4.79 Å². The number of methoxy groups -OCH3 is 1. The van der Waals surface area contributed by atoms with E-state index in [1.54, 1.807) is 24.3 Å². The smallest absolute Gasteiger partial charge is 0.269 e. The molecule has 0 saturated carbocycles. The third kappa shape index (κ3) is 6.46. The Morgan fingerprint density at radius 2 is 1.76 bits per heavy atom. The standard InChI is InChI=1S/C21H23N3O5/c1-3-4-13-22-21(26)19(14-15-5-9-17(10-6-15)24(27)28)23-20(25)16-7-11-18(29-2)12-8-16/h5-12,14H,3-4,13H2,1-2H3,(H,22,26)(H,23,25). The molecule has 2 N–H and O–H groups in total. The van der Waals surface area contributed by atoms with Gasteiger partial charge in [-0.25, -0.2) is 0 Å². The molecule has 2 aromatic carbocycles. The van der Waals surface area contributed by atoms with E-state index in [2.05, 4.69) is 10.6 Å². The molecule has 0 aliphatic carbocycles. The zero-order chi connectivity index (χ0) is 21.2. The second-order valence-electron chi connectivity index (χ2n) is 6.20. The van der Waals surface area contributed by atoms with Gasteiger partial charge >= 0.3 is 0 Å². The minimum atomic E-state index is -0.503. The second-order valence-corrected chi connectivity index (χ2v) is 6.20. The lowest BCUT2D eigenvalue weighted by molar-refractivity contribution is -0.384. The van der Waals surface area contributed by atoms with Crippen molar-refractivity contribution in [2.24, 2.45) is 0 Å². The van der Waals surface area contributed by atoms with E-state index in [1.807, 2.05) is 6.92 Å². The summed E-state index contributed by atoms with van der Waals surface area (Å²) in [7, 11) is 1.53. The van der Waals surface area contributed by atoms with Crippen LogP contribution in [0.25, 0.3) is 6.08 Å². The summed E-state index contributed by atoms with van der Waals surface area (Å²) in [6, 6.07) is 12.2. The van der Waals surface area contributed by atoms with Crippen molar-refractivity contribution in [1.29, 1.82) is 0 Å². The minimum Gasteiger partial charge on any atom is -0.497 e. The Kier molecular flexibility index (Phi) is 7.90. The number of unbranched alkanes of at least 4 members (excludes halogenated alkanes) is 1. The monoisotopic (exact) mass is 397 g/mol. The number of ether oxygens (including phenoxy) is 1. The third-order valence-corrected chi connectivity index (χ3v) is 4.08. The molecule has 0 fully saturated rings. The fourth-order valence-electron chi connectivity index (χ4n) is 2.43. The number of nitrogens with one attached hydrogen (secondary N) is 2. The first kappa shape index (κ1) is 21.6. The summed E-state index contributed by atoms with van der Waals surface area (Å²) in [5, 5.41) is 16.2. The lowest BCUT2D eigenvalue weighted by Gasteiger charge is -2.11. The topological polar surface area (TPSA) is 111 Å². The van der Waals surface area contributed by atoms with E-state index < -0.39 is 16.7 Å². The number of hydrogen-bond acceptors (Lipinski definition) is 5. The van der Waals surface area contributed by atoms with E-state index >= 15 is 0 Å². The van der Waals surface area contributed by atoms with Gasteiger partial charge in [-0.15, -0.1) is 0 Å². The van der Waals surface area contributed by atoms with Crippen LogP contribution in [0.3, 0.4) is 0 Å². The van der Waals surface area contributed by atoms with E-state index in [4.69, 9.17) is 4.74 Å². The van der Waals surface area contributed by atoms with Crippen LogP contribution in [0.2, 0.25) is 0 Å². The maximum Gasteiger partial charge on any atom is 0.269 e. The molecule has 0 radical (unpaired) electrons. The molecule has 0 unspecified atom stereocenters. The lowest BCUT2D eigenvalue weighted by Crippen LogP contribution is -2.35. The van der Waals surface area contributed by atoms with Gasteiger partial charge in [-0.05, 0) is 54.5 Å². The number of nitro groups is 1. The molecule has 0 aliphatic heterocycles. The molecule has 0 bridgehead atoms. The van der Waals surface area contributed by atoms with Crippen molar-refractivity contribution < 1.29 is 19.2 Å². The highest BCUT2D eigenvalue weighted by molar-refractivity contribution is 6.05. The van der Waals surface area contributed by atoms with Gasteiger partial charge in [-0.2, -0.15) is 0 Å². The van der Waals surface area contributed by atoms with Crippen LogP contribution in [-0.4, -0.2) is 30.4 Å². The van der Waals surface area contributed by atoms with E-state index in [1.165, 1.54) is 37.5 Å². The van der Waals surface area contributed by atoms with Gasteiger partial charge in [-0.1, -0.05) is 13.3 Å². The highest BCUT2D eigenvalue weighted by Crippen LogP contribution is 2.15. The van der Waals surface area contributed by atoms with Gasteiger partial charge in [0.15, 0.2) is 0 Å². The van der Waals surface area contributed by atoms with Crippen LogP contribution < -0.4 is 15.4 Å². The van der Waals surface area contributed by atoms with E-state index in [0.29, 0.717) is 23.4 Å². The quantitative estimate of drug-likeness (QED) is 0.292. The van der Waals surface area contributed by atoms with Crippen LogP contribution in [0.5, 0.6) is 5.75 Å². The Morgan fingerprint density at radius 3 is 2.31 bits per heavy atom. The fourth-order valence-corrected chi connectivity index (χ4v) is 2.43. The third-order valence-electron chi connectivity index (χ3n) is 4.08. The van der Waals surface area contributed by atoms with Gasteiger partial charge in [0.2, 0.25) is 0 Å². The molecule has 8 nitrogen and oxygen atoms in total. The molecule has 0 aromatic heterocycles. The van der Waals surface area contributed by atoms with Crippen molar-refractivity contribution in [1.82, 2.24) is 10.6 Å². The largest absolute Gasteiger partial charge is 0.497 e. The van der Waals surface area contributed by atoms with Crippen molar-refractivity contribution in [3.63, 3.8) is 0 Å². The highest BCUT2D eigenvalue weighted by atomic mass is 16.6. The van der Waals surface area contributed by atoms with Gasteiger partial charge in [0.05, 0.1) is 12.0 Å². The number of carbonyl (C=O) groups excluding carboxylic acids is 2. The van der Waals surface area contributed by atoms with Crippen LogP contribution >= 0.6 is 0 Å². The Bertz CT molecular complexity index is 890. The highest BCUT2D eigenvalue weighted by Gasteiger charge is 2.15. The molecule has 0 heterocycles. The minimum absolute atomic E-state index is 0.0516. The number of nitrogens with zero attached hydrogens (tertiary/aromatic N) is 1. The molecule has 2 amide bonds. The Balaban J connectivity index is 2.24. The van der Waals surface area contributed by atoms with Crippen molar-refractivity contribution in [3.8, 4) is 5.75 Å².